The molecule has 0 aliphatic carbocycles. The largest absolute Gasteiger partial charge is 0.466 e. The second-order valence-corrected chi connectivity index (χ2v) is 4.95. The van der Waals surface area contributed by atoms with Gasteiger partial charge in [-0.15, -0.1) is 0 Å². The third-order valence-corrected chi connectivity index (χ3v) is 3.25. The summed E-state index contributed by atoms with van der Waals surface area (Å²) in [6.45, 7) is 5.07. The van der Waals surface area contributed by atoms with Gasteiger partial charge in [-0.05, 0) is 32.4 Å². The van der Waals surface area contributed by atoms with Crippen LogP contribution in [0.3, 0.4) is 0 Å². The molecule has 0 unspecified atom stereocenters. The standard InChI is InChI=1S/C15H14ClNO3/c1-8-5-4-6-11(16)14(8)17-15(19)13-10(3)20-9(2)7-12(13)18/h4-7H,1-3H3,(H,17,19). The highest BCUT2D eigenvalue weighted by Crippen LogP contribution is 2.25. The van der Waals surface area contributed by atoms with Gasteiger partial charge in [-0.3, -0.25) is 9.59 Å². The van der Waals surface area contributed by atoms with E-state index >= 15 is 0 Å². The molecule has 0 bridgehead atoms. The Hall–Kier alpha value is -2.07. The minimum atomic E-state index is -0.521. The topological polar surface area (TPSA) is 59.3 Å². The molecule has 2 aromatic rings. The van der Waals surface area contributed by atoms with E-state index in [0.717, 1.165) is 5.56 Å². The number of anilines is 1. The predicted octanol–water partition coefficient (Wildman–Crippen LogP) is 3.47. The van der Waals surface area contributed by atoms with Crippen molar-refractivity contribution in [3.8, 4) is 0 Å². The zero-order chi connectivity index (χ0) is 14.9. The maximum atomic E-state index is 12.2. The molecule has 4 nitrogen and oxygen atoms in total. The Balaban J connectivity index is 2.42. The lowest BCUT2D eigenvalue weighted by atomic mass is 10.1. The van der Waals surface area contributed by atoms with E-state index in [0.29, 0.717) is 16.5 Å². The Morgan fingerprint density at radius 3 is 2.55 bits per heavy atom. The van der Waals surface area contributed by atoms with Gasteiger partial charge in [-0.1, -0.05) is 23.7 Å². The molecule has 20 heavy (non-hydrogen) atoms. The van der Waals surface area contributed by atoms with Crippen molar-refractivity contribution in [3.63, 3.8) is 0 Å². The van der Waals surface area contributed by atoms with Crippen LogP contribution >= 0.6 is 11.6 Å². The van der Waals surface area contributed by atoms with Gasteiger partial charge in [0.05, 0.1) is 10.7 Å². The highest BCUT2D eigenvalue weighted by Gasteiger charge is 2.17. The van der Waals surface area contributed by atoms with Crippen LogP contribution in [0.4, 0.5) is 5.69 Å². The summed E-state index contributed by atoms with van der Waals surface area (Å²) in [6, 6.07) is 6.58. The van der Waals surface area contributed by atoms with Gasteiger partial charge in [-0.25, -0.2) is 0 Å². The lowest BCUT2D eigenvalue weighted by molar-refractivity contribution is 0.102. The normalized spacial score (nSPS) is 10.4. The lowest BCUT2D eigenvalue weighted by Crippen LogP contribution is -2.23. The molecular weight excluding hydrogens is 278 g/mol. The van der Waals surface area contributed by atoms with Crippen LogP contribution in [0.25, 0.3) is 0 Å². The fourth-order valence-electron chi connectivity index (χ4n) is 1.99. The maximum Gasteiger partial charge on any atom is 0.263 e. The molecule has 1 N–H and O–H groups in total. The van der Waals surface area contributed by atoms with Crippen molar-refractivity contribution in [1.82, 2.24) is 0 Å². The zero-order valence-electron chi connectivity index (χ0n) is 11.4. The number of hydrogen-bond donors (Lipinski definition) is 1. The number of para-hydroxylation sites is 1. The van der Waals surface area contributed by atoms with E-state index in [1.165, 1.54) is 6.07 Å². The highest BCUT2D eigenvalue weighted by atomic mass is 35.5. The van der Waals surface area contributed by atoms with Crippen LogP contribution in [0.1, 0.15) is 27.4 Å². The number of carbonyl (C=O) groups is 1. The molecule has 2 rings (SSSR count). The van der Waals surface area contributed by atoms with Crippen molar-refractivity contribution in [3.05, 3.63) is 62.2 Å². The molecule has 0 aliphatic rings. The van der Waals surface area contributed by atoms with Gasteiger partial charge in [0.1, 0.15) is 17.1 Å². The summed E-state index contributed by atoms with van der Waals surface area (Å²) in [4.78, 5) is 24.2. The second-order valence-electron chi connectivity index (χ2n) is 4.54. The Kier molecular flexibility index (Phi) is 3.95. The average molecular weight is 292 g/mol. The van der Waals surface area contributed by atoms with Crippen LogP contribution in [-0.4, -0.2) is 5.91 Å². The highest BCUT2D eigenvalue weighted by molar-refractivity contribution is 6.34. The van der Waals surface area contributed by atoms with Crippen molar-refractivity contribution >= 4 is 23.2 Å². The first-order valence-corrected chi connectivity index (χ1v) is 6.45. The summed E-state index contributed by atoms with van der Waals surface area (Å²) in [5.41, 5.74) is 0.946. The molecule has 1 aromatic carbocycles. The Bertz CT molecular complexity index is 714. The second kappa shape index (κ2) is 5.51. The smallest absolute Gasteiger partial charge is 0.263 e. The maximum absolute atomic E-state index is 12.2. The fourth-order valence-corrected chi connectivity index (χ4v) is 2.26. The summed E-state index contributed by atoms with van der Waals surface area (Å²) in [5, 5.41) is 3.09. The SMILES string of the molecule is Cc1cc(=O)c(C(=O)Nc2c(C)cccc2Cl)c(C)o1. The van der Waals surface area contributed by atoms with Crippen molar-refractivity contribution in [1.29, 1.82) is 0 Å². The van der Waals surface area contributed by atoms with Gasteiger partial charge < -0.3 is 9.73 Å². The zero-order valence-corrected chi connectivity index (χ0v) is 12.2. The molecule has 0 saturated heterocycles. The van der Waals surface area contributed by atoms with E-state index < -0.39 is 5.91 Å². The minimum absolute atomic E-state index is 0.00470. The van der Waals surface area contributed by atoms with E-state index in [9.17, 15) is 9.59 Å². The summed E-state index contributed by atoms with van der Waals surface area (Å²) in [6.07, 6.45) is 0. The van der Waals surface area contributed by atoms with E-state index in [1.54, 1.807) is 26.0 Å². The van der Waals surface area contributed by atoms with E-state index in [4.69, 9.17) is 16.0 Å². The third-order valence-electron chi connectivity index (χ3n) is 2.93. The Labute approximate surface area is 121 Å². The first kappa shape index (κ1) is 14.3. The molecular formula is C15H14ClNO3. The van der Waals surface area contributed by atoms with Gasteiger partial charge in [0.15, 0.2) is 5.43 Å². The molecule has 0 aliphatic heterocycles. The number of benzene rings is 1. The van der Waals surface area contributed by atoms with Crippen LogP contribution in [0.5, 0.6) is 0 Å². The van der Waals surface area contributed by atoms with Gasteiger partial charge in [0, 0.05) is 6.07 Å². The summed E-state index contributed by atoms with van der Waals surface area (Å²) >= 11 is 6.05. The number of aryl methyl sites for hydroxylation is 3. The quantitative estimate of drug-likeness (QED) is 0.921. The summed E-state index contributed by atoms with van der Waals surface area (Å²) < 4.78 is 5.31. The van der Waals surface area contributed by atoms with Crippen molar-refractivity contribution in [2.75, 3.05) is 5.32 Å². The molecule has 104 valence electrons. The van der Waals surface area contributed by atoms with Crippen LogP contribution in [0, 0.1) is 20.8 Å². The molecule has 5 heteroatoms. The van der Waals surface area contributed by atoms with Gasteiger partial charge in [-0.2, -0.15) is 0 Å². The monoisotopic (exact) mass is 291 g/mol. The van der Waals surface area contributed by atoms with Crippen LogP contribution in [-0.2, 0) is 0 Å². The number of rotatable bonds is 2. The van der Waals surface area contributed by atoms with E-state index in [-0.39, 0.29) is 16.8 Å². The molecule has 1 amide bonds. The minimum Gasteiger partial charge on any atom is -0.466 e. The average Bonchev–Trinajstić information content (AvgIpc) is 2.32. The van der Waals surface area contributed by atoms with E-state index in [2.05, 4.69) is 5.32 Å². The van der Waals surface area contributed by atoms with E-state index in [1.807, 2.05) is 13.0 Å². The predicted molar refractivity (Wildman–Crippen MR) is 78.6 cm³/mol. The lowest BCUT2D eigenvalue weighted by Gasteiger charge is -2.11. The number of carbonyl (C=O) groups excluding carboxylic acids is 1. The molecule has 0 radical (unpaired) electrons. The number of nitrogens with one attached hydrogen (secondary N) is 1. The summed E-state index contributed by atoms with van der Waals surface area (Å²) in [5.74, 6) is 0.239. The fraction of sp³-hybridized carbons (Fsp3) is 0.200. The van der Waals surface area contributed by atoms with Gasteiger partial charge >= 0.3 is 0 Å². The van der Waals surface area contributed by atoms with Crippen LogP contribution in [0.2, 0.25) is 5.02 Å². The first-order chi connectivity index (χ1) is 9.40. The Morgan fingerprint density at radius 1 is 1.25 bits per heavy atom. The number of amides is 1. The molecule has 0 fully saturated rings. The molecule has 1 heterocycles. The molecule has 0 saturated carbocycles. The summed E-state index contributed by atoms with van der Waals surface area (Å²) in [7, 11) is 0. The van der Waals surface area contributed by atoms with Crippen molar-refractivity contribution < 1.29 is 9.21 Å². The first-order valence-electron chi connectivity index (χ1n) is 6.08. The van der Waals surface area contributed by atoms with Crippen molar-refractivity contribution in [2.45, 2.75) is 20.8 Å². The van der Waals surface area contributed by atoms with Gasteiger partial charge in [0.25, 0.3) is 5.91 Å². The Morgan fingerprint density at radius 2 is 1.95 bits per heavy atom. The third kappa shape index (κ3) is 2.75. The number of halogens is 1. The van der Waals surface area contributed by atoms with Gasteiger partial charge in [0.2, 0.25) is 0 Å². The molecule has 1 aromatic heterocycles. The molecule has 0 spiro atoms. The molecule has 0 atom stereocenters. The van der Waals surface area contributed by atoms with Crippen LogP contribution in [0.15, 0.2) is 33.5 Å². The van der Waals surface area contributed by atoms with Crippen LogP contribution < -0.4 is 10.7 Å². The van der Waals surface area contributed by atoms with Crippen molar-refractivity contribution in [2.24, 2.45) is 0 Å². The number of hydrogen-bond acceptors (Lipinski definition) is 3.